The van der Waals surface area contributed by atoms with E-state index >= 15 is 0 Å². The minimum atomic E-state index is -6.07. The first-order valence-corrected chi connectivity index (χ1v) is 11.2. The van der Waals surface area contributed by atoms with E-state index in [1.54, 1.807) is 0 Å². The van der Waals surface area contributed by atoms with Gasteiger partial charge in [0, 0.05) is 11.1 Å². The first-order chi connectivity index (χ1) is 15.6. The Kier molecular flexibility index (Phi) is 7.69. The predicted molar refractivity (Wildman–Crippen MR) is 107 cm³/mol. The first-order valence-electron chi connectivity index (χ1n) is 9.55. The molecule has 0 aliphatic rings. The van der Waals surface area contributed by atoms with Crippen LogP contribution >= 0.6 is 0 Å². The zero-order chi connectivity index (χ0) is 25.9. The quantitative estimate of drug-likeness (QED) is 0.546. The number of nitrogens with one attached hydrogen (secondary N) is 1. The van der Waals surface area contributed by atoms with Gasteiger partial charge in [-0.3, -0.25) is 4.79 Å². The lowest BCUT2D eigenvalue weighted by Gasteiger charge is -2.32. The molecular formula is C21H18F6N2O4S. The standard InChI is InChI=1S/C21H18F6N2O4S/c1-2-34(32,33)16-9-5-13(6-10-16)17(11-12-28)29-18(30)14-3-7-15(8-4-14)19(31,20(22,23)24)21(25,26)27/h3-10,17,31H,2,11H2,1H3,(H,29,30)/t17-/m0/s1. The molecule has 0 saturated heterocycles. The molecule has 0 unspecified atom stereocenters. The summed E-state index contributed by atoms with van der Waals surface area (Å²) in [5, 5.41) is 20.9. The number of nitrogens with zero attached hydrogens (tertiary/aromatic N) is 1. The van der Waals surface area contributed by atoms with Crippen LogP contribution in [0.4, 0.5) is 26.3 Å². The monoisotopic (exact) mass is 508 g/mol. The number of carbonyl (C=O) groups is 1. The van der Waals surface area contributed by atoms with Crippen LogP contribution in [0.1, 0.15) is 40.9 Å². The number of alkyl halides is 6. The van der Waals surface area contributed by atoms with Gasteiger partial charge in [0.1, 0.15) is 0 Å². The van der Waals surface area contributed by atoms with Gasteiger partial charge in [-0.1, -0.05) is 31.2 Å². The number of carbonyl (C=O) groups excluding carboxylic acids is 1. The van der Waals surface area contributed by atoms with Crippen LogP contribution in [-0.2, 0) is 15.4 Å². The van der Waals surface area contributed by atoms with Crippen molar-refractivity contribution < 1.29 is 44.7 Å². The van der Waals surface area contributed by atoms with E-state index in [0.717, 1.165) is 0 Å². The lowest BCUT2D eigenvalue weighted by molar-refractivity contribution is -0.376. The fourth-order valence-corrected chi connectivity index (χ4v) is 3.89. The Hall–Kier alpha value is -3.11. The van der Waals surface area contributed by atoms with Crippen LogP contribution in [0.15, 0.2) is 53.4 Å². The minimum absolute atomic E-state index is 0.0261. The van der Waals surface area contributed by atoms with E-state index in [-0.39, 0.29) is 22.6 Å². The molecule has 0 aromatic heterocycles. The Morgan fingerprint density at radius 1 is 1.00 bits per heavy atom. The smallest absolute Gasteiger partial charge is 0.369 e. The molecule has 6 nitrogen and oxygen atoms in total. The summed E-state index contributed by atoms with van der Waals surface area (Å²) in [5.41, 5.74) is -6.63. The summed E-state index contributed by atoms with van der Waals surface area (Å²) in [6.07, 6.45) is -12.4. The van der Waals surface area contributed by atoms with E-state index in [0.29, 0.717) is 29.8 Å². The summed E-state index contributed by atoms with van der Waals surface area (Å²) in [7, 11) is -3.49. The second-order valence-corrected chi connectivity index (χ2v) is 9.42. The van der Waals surface area contributed by atoms with Crippen molar-refractivity contribution in [1.29, 1.82) is 5.26 Å². The maximum Gasteiger partial charge on any atom is 0.430 e. The van der Waals surface area contributed by atoms with Gasteiger partial charge in [0.15, 0.2) is 9.84 Å². The van der Waals surface area contributed by atoms with E-state index in [1.165, 1.54) is 31.2 Å². The molecule has 2 rings (SSSR count). The van der Waals surface area contributed by atoms with Gasteiger partial charge in [-0.15, -0.1) is 0 Å². The molecule has 1 amide bonds. The summed E-state index contributed by atoms with van der Waals surface area (Å²) in [6, 6.07) is 8.22. The van der Waals surface area contributed by atoms with Crippen molar-refractivity contribution in [3.63, 3.8) is 0 Å². The predicted octanol–water partition coefficient (Wildman–Crippen LogP) is 4.18. The van der Waals surface area contributed by atoms with Crippen LogP contribution in [0.2, 0.25) is 0 Å². The Bertz CT molecular complexity index is 1150. The number of sulfone groups is 1. The lowest BCUT2D eigenvalue weighted by atomic mass is 9.91. The van der Waals surface area contributed by atoms with Gasteiger partial charge in [0.2, 0.25) is 0 Å². The topological polar surface area (TPSA) is 107 Å². The van der Waals surface area contributed by atoms with Gasteiger partial charge >= 0.3 is 12.4 Å². The van der Waals surface area contributed by atoms with Crippen molar-refractivity contribution >= 4 is 15.7 Å². The highest BCUT2D eigenvalue weighted by atomic mass is 32.2. The van der Waals surface area contributed by atoms with Crippen molar-refractivity contribution in [1.82, 2.24) is 5.32 Å². The number of rotatable bonds is 7. The molecular weight excluding hydrogens is 490 g/mol. The molecule has 0 heterocycles. The van der Waals surface area contributed by atoms with Crippen molar-refractivity contribution in [2.45, 2.75) is 42.2 Å². The third kappa shape index (κ3) is 5.34. The summed E-state index contributed by atoms with van der Waals surface area (Å²) < 4.78 is 102. The molecule has 0 fully saturated rings. The van der Waals surface area contributed by atoms with E-state index < -0.39 is 45.3 Å². The lowest BCUT2D eigenvalue weighted by Crippen LogP contribution is -2.53. The van der Waals surface area contributed by atoms with Gasteiger partial charge < -0.3 is 10.4 Å². The number of benzene rings is 2. The molecule has 0 spiro atoms. The Morgan fingerprint density at radius 3 is 1.91 bits per heavy atom. The number of aliphatic hydroxyl groups is 1. The maximum atomic E-state index is 13.0. The summed E-state index contributed by atoms with van der Waals surface area (Å²) in [6.45, 7) is 1.46. The largest absolute Gasteiger partial charge is 0.430 e. The zero-order valence-corrected chi connectivity index (χ0v) is 18.2. The van der Waals surface area contributed by atoms with Gasteiger partial charge in [-0.25, -0.2) is 8.42 Å². The van der Waals surface area contributed by atoms with Crippen LogP contribution in [0.5, 0.6) is 0 Å². The number of hydrogen-bond acceptors (Lipinski definition) is 5. The molecule has 2 aromatic carbocycles. The molecule has 1 atom stereocenters. The molecule has 0 aliphatic carbocycles. The third-order valence-electron chi connectivity index (χ3n) is 5.01. The van der Waals surface area contributed by atoms with Crippen LogP contribution in [0.3, 0.4) is 0 Å². The van der Waals surface area contributed by atoms with Crippen LogP contribution in [0.25, 0.3) is 0 Å². The van der Waals surface area contributed by atoms with Crippen LogP contribution < -0.4 is 5.32 Å². The van der Waals surface area contributed by atoms with E-state index in [4.69, 9.17) is 5.26 Å². The fraction of sp³-hybridized carbons (Fsp3) is 0.333. The van der Waals surface area contributed by atoms with Gasteiger partial charge in [0.05, 0.1) is 29.2 Å². The van der Waals surface area contributed by atoms with Crippen molar-refractivity contribution in [3.05, 3.63) is 65.2 Å². The van der Waals surface area contributed by atoms with Crippen LogP contribution in [0, 0.1) is 11.3 Å². The normalized spacial score (nSPS) is 13.7. The van der Waals surface area contributed by atoms with Crippen LogP contribution in [-0.4, -0.2) is 37.5 Å². The highest BCUT2D eigenvalue weighted by molar-refractivity contribution is 7.91. The van der Waals surface area contributed by atoms with Gasteiger partial charge in [-0.05, 0) is 29.8 Å². The molecule has 34 heavy (non-hydrogen) atoms. The van der Waals surface area contributed by atoms with E-state index in [1.807, 2.05) is 6.07 Å². The molecule has 2 N–H and O–H groups in total. The summed E-state index contributed by atoms with van der Waals surface area (Å²) in [4.78, 5) is 12.5. The second-order valence-electron chi connectivity index (χ2n) is 7.14. The van der Waals surface area contributed by atoms with Crippen molar-refractivity contribution in [2.75, 3.05) is 5.75 Å². The SMILES string of the molecule is CCS(=O)(=O)c1ccc([C@H](CC#N)NC(=O)c2ccc(C(O)(C(F)(F)F)C(F)(F)F)cc2)cc1. The molecule has 184 valence electrons. The zero-order valence-electron chi connectivity index (χ0n) is 17.4. The molecule has 0 radical (unpaired) electrons. The molecule has 2 aromatic rings. The number of hydrogen-bond donors (Lipinski definition) is 2. The Morgan fingerprint density at radius 2 is 1.50 bits per heavy atom. The number of halogens is 6. The van der Waals surface area contributed by atoms with Gasteiger partial charge in [-0.2, -0.15) is 31.6 Å². The molecule has 0 saturated carbocycles. The Balaban J connectivity index is 2.30. The number of nitriles is 1. The maximum absolute atomic E-state index is 13.0. The summed E-state index contributed by atoms with van der Waals surface area (Å²) in [5.74, 6) is -1.06. The molecule has 0 bridgehead atoms. The highest BCUT2D eigenvalue weighted by Gasteiger charge is 2.71. The van der Waals surface area contributed by atoms with Gasteiger partial charge in [0.25, 0.3) is 11.5 Å². The fourth-order valence-electron chi connectivity index (χ4n) is 3.01. The van der Waals surface area contributed by atoms with E-state index in [9.17, 15) is 44.7 Å². The highest BCUT2D eigenvalue weighted by Crippen LogP contribution is 2.49. The first kappa shape index (κ1) is 27.1. The second kappa shape index (κ2) is 9.63. The average Bonchev–Trinajstić information content (AvgIpc) is 2.76. The molecule has 0 aliphatic heterocycles. The third-order valence-corrected chi connectivity index (χ3v) is 6.76. The molecule has 13 heteroatoms. The van der Waals surface area contributed by atoms with E-state index in [2.05, 4.69) is 5.32 Å². The number of amides is 1. The van der Waals surface area contributed by atoms with Crippen molar-refractivity contribution in [3.8, 4) is 6.07 Å². The summed E-state index contributed by atoms with van der Waals surface area (Å²) >= 11 is 0. The minimum Gasteiger partial charge on any atom is -0.369 e. The van der Waals surface area contributed by atoms with Crippen molar-refractivity contribution in [2.24, 2.45) is 0 Å². The average molecular weight is 508 g/mol. The Labute approximate surface area is 190 Å².